The molecule has 0 aliphatic carbocycles. The van der Waals surface area contributed by atoms with Gasteiger partial charge in [-0.25, -0.2) is 8.78 Å². The average molecular weight is 424 g/mol. The minimum atomic E-state index is -2.67. The van der Waals surface area contributed by atoms with Gasteiger partial charge in [0.1, 0.15) is 0 Å². The van der Waals surface area contributed by atoms with E-state index in [0.717, 1.165) is 29.4 Å². The number of fused-ring (bicyclic) bond motifs is 1. The third kappa shape index (κ3) is 6.00. The summed E-state index contributed by atoms with van der Waals surface area (Å²) < 4.78 is 28.4. The molecule has 3 rings (SSSR count). The van der Waals surface area contributed by atoms with Gasteiger partial charge in [-0.15, -0.1) is 10.2 Å². The third-order valence-electron chi connectivity index (χ3n) is 3.90. The molecule has 0 bridgehead atoms. The lowest BCUT2D eigenvalue weighted by atomic mass is 10.0. The standard InChI is InChI=1S/C18H19F2N3S.C2H6.CH2O2/c1-3-11-24-18-22-21-17(16(19)20)23(18)15-10-9-12(4-2)13-7-5-6-8-14(13)15;1-2;2-1-3/h5-10,16H,3-4,11H2,1-2H3;1-2H3;1H,(H,2,3). The molecule has 1 heterocycles. The largest absolute Gasteiger partial charge is 0.483 e. The van der Waals surface area contributed by atoms with Crippen molar-refractivity contribution >= 4 is 29.0 Å². The van der Waals surface area contributed by atoms with Gasteiger partial charge in [-0.3, -0.25) is 9.36 Å². The highest BCUT2D eigenvalue weighted by molar-refractivity contribution is 7.99. The van der Waals surface area contributed by atoms with Crippen molar-refractivity contribution < 1.29 is 18.7 Å². The van der Waals surface area contributed by atoms with E-state index in [1.165, 1.54) is 21.9 Å². The van der Waals surface area contributed by atoms with E-state index in [2.05, 4.69) is 17.1 Å². The van der Waals surface area contributed by atoms with Crippen LogP contribution < -0.4 is 0 Å². The summed E-state index contributed by atoms with van der Waals surface area (Å²) in [6, 6.07) is 11.8. The second kappa shape index (κ2) is 12.9. The van der Waals surface area contributed by atoms with Gasteiger partial charge in [0, 0.05) is 11.1 Å². The molecule has 0 spiro atoms. The molecular weight excluding hydrogens is 396 g/mol. The Balaban J connectivity index is 0.000000771. The Morgan fingerprint density at radius 2 is 1.72 bits per heavy atom. The number of alkyl halides is 2. The highest BCUT2D eigenvalue weighted by Gasteiger charge is 2.23. The second-order valence-electron chi connectivity index (χ2n) is 5.57. The minimum Gasteiger partial charge on any atom is -0.483 e. The van der Waals surface area contributed by atoms with Crippen molar-refractivity contribution in [3.63, 3.8) is 0 Å². The van der Waals surface area contributed by atoms with Crippen LogP contribution in [0.25, 0.3) is 16.5 Å². The summed E-state index contributed by atoms with van der Waals surface area (Å²) in [6.45, 7) is 7.89. The van der Waals surface area contributed by atoms with Gasteiger partial charge < -0.3 is 5.11 Å². The summed E-state index contributed by atoms with van der Waals surface area (Å²) in [4.78, 5) is 8.36. The first-order valence-corrected chi connectivity index (χ1v) is 10.5. The highest BCUT2D eigenvalue weighted by atomic mass is 32.2. The van der Waals surface area contributed by atoms with E-state index in [9.17, 15) is 8.78 Å². The van der Waals surface area contributed by atoms with E-state index < -0.39 is 6.43 Å². The first-order chi connectivity index (χ1) is 14.1. The summed E-state index contributed by atoms with van der Waals surface area (Å²) >= 11 is 1.45. The number of rotatable bonds is 6. The van der Waals surface area contributed by atoms with Crippen LogP contribution in [0.3, 0.4) is 0 Å². The van der Waals surface area contributed by atoms with Gasteiger partial charge in [0.2, 0.25) is 5.82 Å². The van der Waals surface area contributed by atoms with E-state index in [4.69, 9.17) is 9.90 Å². The lowest BCUT2D eigenvalue weighted by Crippen LogP contribution is -2.05. The monoisotopic (exact) mass is 423 g/mol. The van der Waals surface area contributed by atoms with Crippen molar-refractivity contribution in [2.45, 2.75) is 52.1 Å². The molecule has 158 valence electrons. The van der Waals surface area contributed by atoms with E-state index in [-0.39, 0.29) is 12.3 Å². The fourth-order valence-electron chi connectivity index (χ4n) is 2.78. The Labute approximate surface area is 174 Å². The number of hydrogen-bond acceptors (Lipinski definition) is 4. The van der Waals surface area contributed by atoms with Gasteiger partial charge in [0.25, 0.3) is 12.9 Å². The van der Waals surface area contributed by atoms with Gasteiger partial charge >= 0.3 is 0 Å². The first kappa shape index (κ1) is 24.6. The quantitative estimate of drug-likeness (QED) is 0.380. The van der Waals surface area contributed by atoms with Crippen LogP contribution in [0.15, 0.2) is 41.6 Å². The molecule has 0 radical (unpaired) electrons. The molecule has 0 aliphatic heterocycles. The maximum Gasteiger partial charge on any atom is 0.297 e. The van der Waals surface area contributed by atoms with Crippen LogP contribution in [-0.4, -0.2) is 32.1 Å². The molecule has 2 aromatic carbocycles. The van der Waals surface area contributed by atoms with Crippen LogP contribution in [0.5, 0.6) is 0 Å². The molecular formula is C21H27F2N3O2S. The summed E-state index contributed by atoms with van der Waals surface area (Å²) in [5, 5.41) is 17.2. The number of carbonyl (C=O) groups is 1. The molecule has 0 unspecified atom stereocenters. The van der Waals surface area contributed by atoms with Gasteiger partial charge in [-0.2, -0.15) is 0 Å². The number of nitrogens with zero attached hydrogens (tertiary/aromatic N) is 3. The Morgan fingerprint density at radius 1 is 1.10 bits per heavy atom. The van der Waals surface area contributed by atoms with Crippen molar-refractivity contribution in [3.05, 3.63) is 47.8 Å². The molecule has 0 fully saturated rings. The Morgan fingerprint density at radius 3 is 2.28 bits per heavy atom. The number of aryl methyl sites for hydroxylation is 1. The Kier molecular flexibility index (Phi) is 10.9. The molecule has 0 amide bonds. The SMILES string of the molecule is CC.CCCSc1nnc(C(F)F)n1-c1ccc(CC)c2ccccc12.O=CO. The van der Waals surface area contributed by atoms with Crippen molar-refractivity contribution in [2.75, 3.05) is 5.75 Å². The lowest BCUT2D eigenvalue weighted by Gasteiger charge is -2.14. The van der Waals surface area contributed by atoms with Crippen LogP contribution in [0.2, 0.25) is 0 Å². The Bertz CT molecular complexity index is 901. The third-order valence-corrected chi connectivity index (χ3v) is 5.04. The zero-order valence-electron chi connectivity index (χ0n) is 17.1. The predicted molar refractivity (Wildman–Crippen MR) is 114 cm³/mol. The maximum absolute atomic E-state index is 13.5. The van der Waals surface area contributed by atoms with Crippen molar-refractivity contribution in [1.82, 2.24) is 14.8 Å². The molecule has 1 aromatic heterocycles. The van der Waals surface area contributed by atoms with Crippen LogP contribution in [0.1, 0.15) is 51.9 Å². The fourth-order valence-corrected chi connectivity index (χ4v) is 3.59. The molecule has 0 saturated carbocycles. The normalized spacial score (nSPS) is 10.2. The predicted octanol–water partition coefficient (Wildman–Crippen LogP) is 6.15. The topological polar surface area (TPSA) is 68.0 Å². The fraction of sp³-hybridized carbons (Fsp3) is 0.381. The summed E-state index contributed by atoms with van der Waals surface area (Å²) in [5.41, 5.74) is 1.91. The zero-order chi connectivity index (χ0) is 21.8. The number of benzene rings is 2. The molecule has 5 nitrogen and oxygen atoms in total. The van der Waals surface area contributed by atoms with Crippen molar-refractivity contribution in [1.29, 1.82) is 0 Å². The van der Waals surface area contributed by atoms with Crippen LogP contribution in [-0.2, 0) is 11.2 Å². The van der Waals surface area contributed by atoms with Crippen LogP contribution >= 0.6 is 11.8 Å². The molecule has 8 heteroatoms. The van der Waals surface area contributed by atoms with E-state index >= 15 is 0 Å². The van der Waals surface area contributed by atoms with Gasteiger partial charge in [0.05, 0.1) is 5.69 Å². The van der Waals surface area contributed by atoms with Crippen LogP contribution in [0, 0.1) is 0 Å². The molecule has 0 atom stereocenters. The molecule has 29 heavy (non-hydrogen) atoms. The summed E-state index contributed by atoms with van der Waals surface area (Å²) in [7, 11) is 0. The number of hydrogen-bond donors (Lipinski definition) is 1. The van der Waals surface area contributed by atoms with E-state index in [0.29, 0.717) is 10.8 Å². The van der Waals surface area contributed by atoms with Gasteiger partial charge in [-0.1, -0.05) is 69.8 Å². The number of thioether (sulfide) groups is 1. The minimum absolute atomic E-state index is 0.250. The Hall–Kier alpha value is -2.48. The summed E-state index contributed by atoms with van der Waals surface area (Å²) in [5.74, 6) is 0.509. The highest BCUT2D eigenvalue weighted by Crippen LogP contribution is 2.32. The average Bonchev–Trinajstić information content (AvgIpc) is 3.17. The van der Waals surface area contributed by atoms with Gasteiger partial charge in [-0.05, 0) is 29.9 Å². The lowest BCUT2D eigenvalue weighted by molar-refractivity contribution is -0.122. The van der Waals surface area contributed by atoms with Gasteiger partial charge in [0.15, 0.2) is 5.16 Å². The maximum atomic E-state index is 13.5. The van der Waals surface area contributed by atoms with E-state index in [1.54, 1.807) is 0 Å². The van der Waals surface area contributed by atoms with Crippen molar-refractivity contribution in [2.24, 2.45) is 0 Å². The number of halogens is 2. The van der Waals surface area contributed by atoms with E-state index in [1.807, 2.05) is 57.2 Å². The summed E-state index contributed by atoms with van der Waals surface area (Å²) in [6.07, 6.45) is -0.836. The molecule has 1 N–H and O–H groups in total. The number of carboxylic acid groups (broad SMARTS) is 1. The van der Waals surface area contributed by atoms with Crippen molar-refractivity contribution in [3.8, 4) is 5.69 Å². The molecule has 0 saturated heterocycles. The molecule has 0 aliphatic rings. The first-order valence-electron chi connectivity index (χ1n) is 9.54. The van der Waals surface area contributed by atoms with Crippen LogP contribution in [0.4, 0.5) is 8.78 Å². The zero-order valence-corrected chi connectivity index (χ0v) is 17.9. The smallest absolute Gasteiger partial charge is 0.297 e. The molecule has 3 aromatic rings. The second-order valence-corrected chi connectivity index (χ2v) is 6.64. The number of aromatic nitrogens is 3.